The van der Waals surface area contributed by atoms with Crippen molar-refractivity contribution in [3.05, 3.63) is 84.4 Å². The van der Waals surface area contributed by atoms with Gasteiger partial charge in [-0.1, -0.05) is 42.5 Å². The molecular formula is C24H25NO6. The zero-order valence-electron chi connectivity index (χ0n) is 17.1. The van der Waals surface area contributed by atoms with Gasteiger partial charge < -0.3 is 24.4 Å². The lowest BCUT2D eigenvalue weighted by molar-refractivity contribution is 0.00897. The fourth-order valence-corrected chi connectivity index (χ4v) is 3.10. The third-order valence-electron chi connectivity index (χ3n) is 4.57. The number of amides is 1. The molecule has 7 nitrogen and oxygen atoms in total. The van der Waals surface area contributed by atoms with Crippen LogP contribution in [-0.2, 0) is 4.74 Å². The number of hydrogen-bond donors (Lipinski definition) is 3. The number of phenolic OH excluding ortho intramolecular Hbond substituents is 1. The number of carbonyl (C=O) groups excluding carboxylic acids is 1. The van der Waals surface area contributed by atoms with E-state index in [4.69, 9.17) is 14.2 Å². The van der Waals surface area contributed by atoms with Crippen LogP contribution in [0.15, 0.2) is 78.9 Å². The van der Waals surface area contributed by atoms with Crippen molar-refractivity contribution >= 4 is 11.8 Å². The van der Waals surface area contributed by atoms with Gasteiger partial charge in [0, 0.05) is 24.3 Å². The monoisotopic (exact) mass is 423 g/mol. The van der Waals surface area contributed by atoms with Gasteiger partial charge in [-0.2, -0.15) is 0 Å². The lowest BCUT2D eigenvalue weighted by Crippen LogP contribution is -2.31. The van der Waals surface area contributed by atoms with Crippen LogP contribution in [0.2, 0.25) is 0 Å². The maximum Gasteiger partial charge on any atom is 0.412 e. The Bertz CT molecular complexity index is 964. The number of aliphatic hydroxyl groups excluding tert-OH is 1. The van der Waals surface area contributed by atoms with Crippen molar-refractivity contribution in [3.8, 4) is 17.2 Å². The molecule has 0 saturated heterocycles. The van der Waals surface area contributed by atoms with Crippen LogP contribution in [0, 0.1) is 0 Å². The van der Waals surface area contributed by atoms with Crippen molar-refractivity contribution in [2.45, 2.75) is 18.6 Å². The highest BCUT2D eigenvalue weighted by molar-refractivity contribution is 5.84. The molecule has 0 saturated carbocycles. The topological polar surface area (TPSA) is 97.3 Å². The van der Waals surface area contributed by atoms with Gasteiger partial charge in [0.25, 0.3) is 0 Å². The largest absolute Gasteiger partial charge is 0.504 e. The summed E-state index contributed by atoms with van der Waals surface area (Å²) in [6.45, 7) is -0.181. The molecule has 7 heteroatoms. The van der Waals surface area contributed by atoms with E-state index in [0.29, 0.717) is 22.7 Å². The molecule has 0 radical (unpaired) electrons. The summed E-state index contributed by atoms with van der Waals surface area (Å²) in [7, 11) is 1.45. The Hall–Kier alpha value is -3.71. The average molecular weight is 423 g/mol. The Morgan fingerprint density at radius 3 is 2.29 bits per heavy atom. The predicted molar refractivity (Wildman–Crippen MR) is 117 cm³/mol. The van der Waals surface area contributed by atoms with Crippen LogP contribution in [0.4, 0.5) is 10.5 Å². The molecule has 162 valence electrons. The number of anilines is 1. The van der Waals surface area contributed by atoms with Crippen LogP contribution < -0.4 is 14.8 Å². The molecule has 0 spiro atoms. The molecule has 2 atom stereocenters. The van der Waals surface area contributed by atoms with Gasteiger partial charge in [0.1, 0.15) is 11.9 Å². The molecule has 3 aromatic carbocycles. The minimum atomic E-state index is -0.909. The molecule has 3 aromatic rings. The Morgan fingerprint density at radius 2 is 1.68 bits per heavy atom. The van der Waals surface area contributed by atoms with E-state index in [9.17, 15) is 15.0 Å². The molecule has 0 heterocycles. The number of benzene rings is 3. The minimum absolute atomic E-state index is 0.0977. The van der Waals surface area contributed by atoms with Crippen LogP contribution in [0.5, 0.6) is 17.2 Å². The van der Waals surface area contributed by atoms with E-state index in [1.807, 2.05) is 24.3 Å². The van der Waals surface area contributed by atoms with E-state index in [2.05, 4.69) is 5.32 Å². The molecule has 0 bridgehead atoms. The number of methoxy groups -OCH3 is 1. The van der Waals surface area contributed by atoms with Gasteiger partial charge >= 0.3 is 6.09 Å². The number of para-hydroxylation sites is 2. The Balaban J connectivity index is 1.89. The molecular weight excluding hydrogens is 398 g/mol. The second kappa shape index (κ2) is 10.9. The molecule has 31 heavy (non-hydrogen) atoms. The summed E-state index contributed by atoms with van der Waals surface area (Å²) in [5.74, 6) is 0.759. The lowest BCUT2D eigenvalue weighted by Gasteiger charge is -2.28. The highest BCUT2D eigenvalue weighted by atomic mass is 16.6. The van der Waals surface area contributed by atoms with Crippen molar-refractivity contribution < 1.29 is 29.2 Å². The summed E-state index contributed by atoms with van der Waals surface area (Å²) in [4.78, 5) is 12.6. The number of ether oxygens (including phenoxy) is 3. The zero-order valence-corrected chi connectivity index (χ0v) is 17.1. The second-order valence-electron chi connectivity index (χ2n) is 6.73. The molecule has 3 N–H and O–H groups in total. The van der Waals surface area contributed by atoms with E-state index in [1.54, 1.807) is 48.5 Å². The summed E-state index contributed by atoms with van der Waals surface area (Å²) in [5, 5.41) is 22.5. The lowest BCUT2D eigenvalue weighted by atomic mass is 10.0. The fraction of sp³-hybridized carbons (Fsp3) is 0.208. The van der Waals surface area contributed by atoms with Gasteiger partial charge in [0.2, 0.25) is 0 Å². The Labute approximate surface area is 180 Å². The Morgan fingerprint density at radius 1 is 1.00 bits per heavy atom. The molecule has 1 amide bonds. The first-order valence-electron chi connectivity index (χ1n) is 9.83. The summed E-state index contributed by atoms with van der Waals surface area (Å²) in [5.41, 5.74) is 1.07. The summed E-state index contributed by atoms with van der Waals surface area (Å²) in [6, 6.07) is 22.7. The van der Waals surface area contributed by atoms with E-state index < -0.39 is 18.3 Å². The summed E-state index contributed by atoms with van der Waals surface area (Å²) in [6.07, 6.45) is -2.11. The van der Waals surface area contributed by atoms with Gasteiger partial charge in [-0.15, -0.1) is 0 Å². The smallest absolute Gasteiger partial charge is 0.412 e. The molecule has 0 fully saturated rings. The number of phenols is 1. The molecule has 0 aliphatic rings. The van der Waals surface area contributed by atoms with Crippen molar-refractivity contribution in [1.29, 1.82) is 0 Å². The minimum Gasteiger partial charge on any atom is -0.504 e. The standard InChI is InChI=1S/C24H25NO6/c1-29-21-13-12-17(16-20(21)27)23(31-24(28)25-18-8-4-2-5-9-18)22(14-15-26)30-19-10-6-3-7-11-19/h2-13,16,22-23,26-27H,14-15H2,1H3,(H,25,28)/t22-,23-/m1/s1. The van der Waals surface area contributed by atoms with Crippen LogP contribution in [0.25, 0.3) is 0 Å². The summed E-state index contributed by atoms with van der Waals surface area (Å²) < 4.78 is 16.9. The molecule has 0 aliphatic heterocycles. The number of rotatable bonds is 9. The van der Waals surface area contributed by atoms with Crippen molar-refractivity contribution in [2.24, 2.45) is 0 Å². The highest BCUT2D eigenvalue weighted by Crippen LogP contribution is 2.34. The van der Waals surface area contributed by atoms with Crippen LogP contribution in [0.3, 0.4) is 0 Å². The van der Waals surface area contributed by atoms with E-state index in [0.717, 1.165) is 0 Å². The van der Waals surface area contributed by atoms with Gasteiger partial charge in [-0.3, -0.25) is 5.32 Å². The molecule has 0 aromatic heterocycles. The average Bonchev–Trinajstić information content (AvgIpc) is 2.78. The van der Waals surface area contributed by atoms with E-state index in [1.165, 1.54) is 13.2 Å². The van der Waals surface area contributed by atoms with Crippen molar-refractivity contribution in [1.82, 2.24) is 0 Å². The van der Waals surface area contributed by atoms with Crippen LogP contribution in [-0.4, -0.2) is 36.1 Å². The maximum absolute atomic E-state index is 12.6. The van der Waals surface area contributed by atoms with E-state index in [-0.39, 0.29) is 18.8 Å². The maximum atomic E-state index is 12.6. The van der Waals surface area contributed by atoms with E-state index >= 15 is 0 Å². The van der Waals surface area contributed by atoms with Gasteiger partial charge in [-0.05, 0) is 36.4 Å². The van der Waals surface area contributed by atoms with Crippen LogP contribution in [0.1, 0.15) is 18.1 Å². The number of aliphatic hydroxyl groups is 1. The Kier molecular flexibility index (Phi) is 7.73. The van der Waals surface area contributed by atoms with Gasteiger partial charge in [-0.25, -0.2) is 4.79 Å². The third-order valence-corrected chi connectivity index (χ3v) is 4.57. The second-order valence-corrected chi connectivity index (χ2v) is 6.73. The molecule has 0 aliphatic carbocycles. The van der Waals surface area contributed by atoms with Crippen LogP contribution >= 0.6 is 0 Å². The summed E-state index contributed by atoms with van der Waals surface area (Å²) >= 11 is 0. The molecule has 3 rings (SSSR count). The van der Waals surface area contributed by atoms with Crippen molar-refractivity contribution in [2.75, 3.05) is 19.0 Å². The SMILES string of the molecule is COc1ccc([C@@H](OC(=O)Nc2ccccc2)[C@@H](CCO)Oc2ccccc2)cc1O. The number of aromatic hydroxyl groups is 1. The molecule has 0 unspecified atom stereocenters. The highest BCUT2D eigenvalue weighted by Gasteiger charge is 2.30. The number of hydrogen-bond acceptors (Lipinski definition) is 6. The van der Waals surface area contributed by atoms with Crippen molar-refractivity contribution in [3.63, 3.8) is 0 Å². The van der Waals surface area contributed by atoms with Gasteiger partial charge in [0.15, 0.2) is 17.6 Å². The third kappa shape index (κ3) is 6.13. The normalized spacial score (nSPS) is 12.5. The first-order valence-corrected chi connectivity index (χ1v) is 9.83. The predicted octanol–water partition coefficient (Wildman–Crippen LogP) is 4.52. The van der Waals surface area contributed by atoms with Gasteiger partial charge in [0.05, 0.1) is 7.11 Å². The quantitative estimate of drug-likeness (QED) is 0.468. The first kappa shape index (κ1) is 22.0. The first-order chi connectivity index (χ1) is 15.1. The fourth-order valence-electron chi connectivity index (χ4n) is 3.10. The number of carbonyl (C=O) groups is 1. The number of nitrogens with one attached hydrogen (secondary N) is 1. The zero-order chi connectivity index (χ0) is 22.1.